The van der Waals surface area contributed by atoms with Gasteiger partial charge >= 0.3 is 0 Å². The average Bonchev–Trinajstić information content (AvgIpc) is 2.07. The monoisotopic (exact) mass is 234 g/mol. The zero-order chi connectivity index (χ0) is 11.5. The Morgan fingerprint density at radius 3 is 2.67 bits per heavy atom. The van der Waals surface area contributed by atoms with Gasteiger partial charge in [-0.25, -0.2) is 8.42 Å². The van der Waals surface area contributed by atoms with Crippen LogP contribution in [0.5, 0.6) is 0 Å². The number of likely N-dealkylation sites (tertiary alicyclic amines) is 1. The molecule has 0 amide bonds. The van der Waals surface area contributed by atoms with Gasteiger partial charge in [0, 0.05) is 25.4 Å². The first-order valence-corrected chi connectivity index (χ1v) is 7.54. The Labute approximate surface area is 93.0 Å². The zero-order valence-electron chi connectivity index (χ0n) is 9.86. The van der Waals surface area contributed by atoms with Gasteiger partial charge < -0.3 is 10.2 Å². The van der Waals surface area contributed by atoms with Crippen LogP contribution in [0.2, 0.25) is 0 Å². The molecule has 2 unspecified atom stereocenters. The molecule has 5 heteroatoms. The first-order chi connectivity index (χ1) is 6.88. The van der Waals surface area contributed by atoms with E-state index in [1.807, 2.05) is 0 Å². The van der Waals surface area contributed by atoms with Gasteiger partial charge in [0.05, 0.1) is 5.75 Å². The summed E-state index contributed by atoms with van der Waals surface area (Å²) in [5.41, 5.74) is 0. The maximum atomic E-state index is 11.0. The molecule has 90 valence electrons. The summed E-state index contributed by atoms with van der Waals surface area (Å²) in [6.07, 6.45) is 2.40. The molecule has 1 aliphatic rings. The van der Waals surface area contributed by atoms with Crippen LogP contribution in [0.3, 0.4) is 0 Å². The van der Waals surface area contributed by atoms with Gasteiger partial charge in [0.1, 0.15) is 9.84 Å². The zero-order valence-corrected chi connectivity index (χ0v) is 10.7. The summed E-state index contributed by atoms with van der Waals surface area (Å²) in [5.74, 6) is 0.842. The first-order valence-electron chi connectivity index (χ1n) is 5.48. The molecule has 1 saturated heterocycles. The Hall–Kier alpha value is -0.130. The van der Waals surface area contributed by atoms with Crippen LogP contribution in [-0.4, -0.2) is 58.1 Å². The molecule has 1 heterocycles. The van der Waals surface area contributed by atoms with Gasteiger partial charge in [-0.15, -0.1) is 0 Å². The third kappa shape index (κ3) is 4.95. The third-order valence-electron chi connectivity index (χ3n) is 2.99. The number of hydrogen-bond acceptors (Lipinski definition) is 4. The first kappa shape index (κ1) is 12.9. The lowest BCUT2D eigenvalue weighted by Crippen LogP contribution is -2.47. The summed E-state index contributed by atoms with van der Waals surface area (Å²) < 4.78 is 21.9. The molecule has 1 N–H and O–H groups in total. The fourth-order valence-corrected chi connectivity index (χ4v) is 2.58. The molecule has 0 aromatic rings. The van der Waals surface area contributed by atoms with Crippen LogP contribution in [0, 0.1) is 5.92 Å². The maximum absolute atomic E-state index is 11.0. The second-order valence-corrected chi connectivity index (χ2v) is 6.98. The third-order valence-corrected chi connectivity index (χ3v) is 3.93. The number of sulfone groups is 1. The van der Waals surface area contributed by atoms with E-state index in [0.717, 1.165) is 19.5 Å². The summed E-state index contributed by atoms with van der Waals surface area (Å²) in [5, 5.41) is 3.34. The Bertz CT molecular complexity index is 290. The van der Waals surface area contributed by atoms with E-state index < -0.39 is 9.84 Å². The van der Waals surface area contributed by atoms with Crippen LogP contribution < -0.4 is 5.32 Å². The van der Waals surface area contributed by atoms with Crippen molar-refractivity contribution in [1.82, 2.24) is 10.2 Å². The van der Waals surface area contributed by atoms with Crippen LogP contribution in [0.4, 0.5) is 0 Å². The van der Waals surface area contributed by atoms with Crippen molar-refractivity contribution in [1.29, 1.82) is 0 Å². The summed E-state index contributed by atoms with van der Waals surface area (Å²) in [7, 11) is -0.698. The van der Waals surface area contributed by atoms with Crippen LogP contribution >= 0.6 is 0 Å². The van der Waals surface area contributed by atoms with Gasteiger partial charge in [0.25, 0.3) is 0 Å². The number of rotatable bonds is 4. The minimum Gasteiger partial charge on any atom is -0.313 e. The van der Waals surface area contributed by atoms with Crippen molar-refractivity contribution in [3.8, 4) is 0 Å². The van der Waals surface area contributed by atoms with E-state index in [1.165, 1.54) is 6.26 Å². The summed E-state index contributed by atoms with van der Waals surface area (Å²) in [4.78, 5) is 2.32. The van der Waals surface area contributed by atoms with E-state index in [-0.39, 0.29) is 5.75 Å². The highest BCUT2D eigenvalue weighted by molar-refractivity contribution is 7.90. The van der Waals surface area contributed by atoms with Gasteiger partial charge in [-0.05, 0) is 25.9 Å². The van der Waals surface area contributed by atoms with Crippen LogP contribution in [0.25, 0.3) is 0 Å². The van der Waals surface area contributed by atoms with Gasteiger partial charge in [0.2, 0.25) is 0 Å². The quantitative estimate of drug-likeness (QED) is 0.741. The van der Waals surface area contributed by atoms with Crippen LogP contribution in [0.1, 0.15) is 13.3 Å². The van der Waals surface area contributed by atoms with Gasteiger partial charge in [0.15, 0.2) is 0 Å². The summed E-state index contributed by atoms with van der Waals surface area (Å²) >= 11 is 0. The number of piperidine rings is 1. The Balaban J connectivity index is 2.27. The number of nitrogens with zero attached hydrogens (tertiary/aromatic N) is 1. The van der Waals surface area contributed by atoms with Crippen molar-refractivity contribution in [2.24, 2.45) is 5.92 Å². The summed E-state index contributed by atoms with van der Waals surface area (Å²) in [6.45, 7) is 4.99. The molecule has 1 aliphatic heterocycles. The molecule has 0 aliphatic carbocycles. The van der Waals surface area contributed by atoms with Gasteiger partial charge in [-0.1, -0.05) is 6.92 Å². The van der Waals surface area contributed by atoms with Crippen LogP contribution in [-0.2, 0) is 9.84 Å². The Morgan fingerprint density at radius 1 is 1.47 bits per heavy atom. The van der Waals surface area contributed by atoms with E-state index in [0.29, 0.717) is 18.5 Å². The lowest BCUT2D eigenvalue weighted by molar-refractivity contribution is 0.177. The predicted octanol–water partition coefficient (Wildman–Crippen LogP) is -0.0392. The topological polar surface area (TPSA) is 49.4 Å². The van der Waals surface area contributed by atoms with Crippen molar-refractivity contribution >= 4 is 9.84 Å². The fourth-order valence-electron chi connectivity index (χ4n) is 2.09. The van der Waals surface area contributed by atoms with Crippen molar-refractivity contribution < 1.29 is 8.42 Å². The largest absolute Gasteiger partial charge is 0.313 e. The Kier molecular flexibility index (Phi) is 4.55. The lowest BCUT2D eigenvalue weighted by atomic mass is 9.94. The van der Waals surface area contributed by atoms with Gasteiger partial charge in [-0.3, -0.25) is 0 Å². The molecule has 0 spiro atoms. The fraction of sp³-hybridized carbons (Fsp3) is 1.00. The van der Waals surface area contributed by atoms with Crippen molar-refractivity contribution in [3.63, 3.8) is 0 Å². The number of nitrogens with one attached hydrogen (secondary N) is 1. The minimum absolute atomic E-state index is 0.242. The standard InChI is InChI=1S/C10H22N2O2S/c1-9-8-12(2)6-4-10(9)11-5-7-15(3,13)14/h9-11H,4-8H2,1-3H3. The van der Waals surface area contributed by atoms with E-state index in [1.54, 1.807) is 0 Å². The molecule has 0 bridgehead atoms. The van der Waals surface area contributed by atoms with Gasteiger partial charge in [-0.2, -0.15) is 0 Å². The van der Waals surface area contributed by atoms with Crippen molar-refractivity contribution in [3.05, 3.63) is 0 Å². The second kappa shape index (κ2) is 5.27. The van der Waals surface area contributed by atoms with E-state index in [2.05, 4.69) is 24.2 Å². The van der Waals surface area contributed by atoms with E-state index in [9.17, 15) is 8.42 Å². The molecule has 1 fully saturated rings. The minimum atomic E-state index is -2.83. The average molecular weight is 234 g/mol. The predicted molar refractivity (Wildman–Crippen MR) is 62.8 cm³/mol. The molecule has 0 aromatic heterocycles. The van der Waals surface area contributed by atoms with Crippen molar-refractivity contribution in [2.75, 3.05) is 38.7 Å². The molecular formula is C10H22N2O2S. The number of hydrogen-bond donors (Lipinski definition) is 1. The smallest absolute Gasteiger partial charge is 0.148 e. The highest BCUT2D eigenvalue weighted by atomic mass is 32.2. The lowest BCUT2D eigenvalue weighted by Gasteiger charge is -2.35. The molecule has 0 radical (unpaired) electrons. The molecule has 1 rings (SSSR count). The van der Waals surface area contributed by atoms with Crippen molar-refractivity contribution in [2.45, 2.75) is 19.4 Å². The Morgan fingerprint density at radius 2 is 2.13 bits per heavy atom. The molecule has 0 saturated carbocycles. The maximum Gasteiger partial charge on any atom is 0.148 e. The molecular weight excluding hydrogens is 212 g/mol. The summed E-state index contributed by atoms with van der Waals surface area (Å²) in [6, 6.07) is 0.475. The highest BCUT2D eigenvalue weighted by Crippen LogP contribution is 2.14. The van der Waals surface area contributed by atoms with Crippen LogP contribution in [0.15, 0.2) is 0 Å². The molecule has 0 aromatic carbocycles. The second-order valence-electron chi connectivity index (χ2n) is 4.72. The molecule has 4 nitrogen and oxygen atoms in total. The normalized spacial score (nSPS) is 29.3. The van der Waals surface area contributed by atoms with E-state index in [4.69, 9.17) is 0 Å². The SMILES string of the molecule is CC1CN(C)CCC1NCCS(C)(=O)=O. The molecule has 2 atom stereocenters. The highest BCUT2D eigenvalue weighted by Gasteiger charge is 2.23. The molecule has 15 heavy (non-hydrogen) atoms. The van der Waals surface area contributed by atoms with E-state index >= 15 is 0 Å².